The highest BCUT2D eigenvalue weighted by Crippen LogP contribution is 1.94. The van der Waals surface area contributed by atoms with Crippen molar-refractivity contribution in [2.24, 2.45) is 5.73 Å². The van der Waals surface area contributed by atoms with Crippen LogP contribution in [0.3, 0.4) is 0 Å². The molecule has 54 valence electrons. The summed E-state index contributed by atoms with van der Waals surface area (Å²) in [4.78, 5) is 0. The monoisotopic (exact) mass is 137 g/mol. The van der Waals surface area contributed by atoms with Gasteiger partial charge in [-0.1, -0.05) is 6.08 Å². The maximum atomic E-state index is 5.29. The van der Waals surface area contributed by atoms with Crippen molar-refractivity contribution in [3.63, 3.8) is 0 Å². The molecule has 0 fully saturated rings. The van der Waals surface area contributed by atoms with Crippen LogP contribution < -0.4 is 5.73 Å². The quantitative estimate of drug-likeness (QED) is 0.646. The van der Waals surface area contributed by atoms with E-state index in [9.17, 15) is 0 Å². The van der Waals surface area contributed by atoms with Crippen molar-refractivity contribution in [3.8, 4) is 0 Å². The Labute approximate surface area is 59.9 Å². The molecule has 0 aliphatic heterocycles. The van der Waals surface area contributed by atoms with E-state index in [1.165, 1.54) is 0 Å². The molecule has 0 saturated carbocycles. The third-order valence-electron chi connectivity index (χ3n) is 1.15. The first kappa shape index (κ1) is 7.02. The number of aromatic nitrogens is 2. The molecule has 3 heteroatoms. The Kier molecular flexibility index (Phi) is 2.70. The average molecular weight is 137 g/mol. The summed E-state index contributed by atoms with van der Waals surface area (Å²) < 4.78 is 0. The third-order valence-corrected chi connectivity index (χ3v) is 1.15. The summed E-state index contributed by atoms with van der Waals surface area (Å²) in [5.41, 5.74) is 6.31. The van der Waals surface area contributed by atoms with Crippen LogP contribution in [0.25, 0.3) is 6.08 Å². The summed E-state index contributed by atoms with van der Waals surface area (Å²) in [6.07, 6.45) is 6.63. The van der Waals surface area contributed by atoms with E-state index in [0.717, 1.165) is 12.1 Å². The van der Waals surface area contributed by atoms with E-state index >= 15 is 0 Å². The average Bonchev–Trinajstić information content (AvgIpc) is 2.41. The third kappa shape index (κ3) is 2.03. The molecule has 3 N–H and O–H groups in total. The lowest BCUT2D eigenvalue weighted by Gasteiger charge is -1.83. The van der Waals surface area contributed by atoms with Crippen LogP contribution in [0.1, 0.15) is 12.1 Å². The van der Waals surface area contributed by atoms with E-state index in [2.05, 4.69) is 10.2 Å². The molecule has 1 heterocycles. The van der Waals surface area contributed by atoms with Crippen LogP contribution >= 0.6 is 0 Å². The number of nitrogens with zero attached hydrogens (tertiary/aromatic N) is 1. The highest BCUT2D eigenvalue weighted by atomic mass is 15.1. The first-order valence-electron chi connectivity index (χ1n) is 3.29. The predicted octanol–water partition coefficient (Wildman–Crippen LogP) is 0.772. The van der Waals surface area contributed by atoms with Crippen LogP contribution in [0.4, 0.5) is 0 Å². The molecule has 0 aliphatic carbocycles. The Morgan fingerprint density at radius 1 is 1.70 bits per heavy atom. The van der Waals surface area contributed by atoms with Gasteiger partial charge in [0.1, 0.15) is 0 Å². The number of nitrogens with two attached hydrogens (primary N) is 1. The van der Waals surface area contributed by atoms with Crippen LogP contribution in [0.2, 0.25) is 0 Å². The van der Waals surface area contributed by atoms with Crippen molar-refractivity contribution in [3.05, 3.63) is 24.0 Å². The van der Waals surface area contributed by atoms with Crippen LogP contribution in [0.15, 0.2) is 18.3 Å². The van der Waals surface area contributed by atoms with Gasteiger partial charge in [-0.25, -0.2) is 0 Å². The summed E-state index contributed by atoms with van der Waals surface area (Å²) in [5, 5.41) is 6.61. The smallest absolute Gasteiger partial charge is 0.0574 e. The predicted molar refractivity (Wildman–Crippen MR) is 41.3 cm³/mol. The fraction of sp³-hybridized carbons (Fsp3) is 0.286. The van der Waals surface area contributed by atoms with Gasteiger partial charge in [0, 0.05) is 6.20 Å². The lowest BCUT2D eigenvalue weighted by molar-refractivity contribution is 1.01. The van der Waals surface area contributed by atoms with Gasteiger partial charge in [-0.05, 0) is 25.1 Å². The maximum absolute atomic E-state index is 5.29. The summed E-state index contributed by atoms with van der Waals surface area (Å²) >= 11 is 0. The highest BCUT2D eigenvalue weighted by molar-refractivity contribution is 5.42. The summed E-state index contributed by atoms with van der Waals surface area (Å²) in [7, 11) is 0. The molecular weight excluding hydrogens is 126 g/mol. The first-order chi connectivity index (χ1) is 4.93. The molecule has 0 radical (unpaired) electrons. The molecule has 0 unspecified atom stereocenters. The van der Waals surface area contributed by atoms with Crippen LogP contribution in [-0.2, 0) is 0 Å². The number of aromatic amines is 1. The molecule has 0 amide bonds. The maximum Gasteiger partial charge on any atom is 0.0574 e. The molecule has 3 nitrogen and oxygen atoms in total. The van der Waals surface area contributed by atoms with Crippen LogP contribution in [0, 0.1) is 0 Å². The Bertz CT molecular complexity index is 189. The minimum absolute atomic E-state index is 0.699. The zero-order valence-corrected chi connectivity index (χ0v) is 5.75. The van der Waals surface area contributed by atoms with E-state index in [4.69, 9.17) is 5.73 Å². The van der Waals surface area contributed by atoms with Gasteiger partial charge in [-0.2, -0.15) is 5.10 Å². The van der Waals surface area contributed by atoms with Gasteiger partial charge in [-0.3, -0.25) is 5.10 Å². The van der Waals surface area contributed by atoms with E-state index in [0.29, 0.717) is 6.54 Å². The minimum Gasteiger partial charge on any atom is -0.330 e. The van der Waals surface area contributed by atoms with Gasteiger partial charge >= 0.3 is 0 Å². The van der Waals surface area contributed by atoms with E-state index in [-0.39, 0.29) is 0 Å². The van der Waals surface area contributed by atoms with Crippen molar-refractivity contribution < 1.29 is 0 Å². The molecule has 1 aromatic rings. The SMILES string of the molecule is NCCC=Cc1ccn[nH]1. The number of H-pyrrole nitrogens is 1. The second kappa shape index (κ2) is 3.85. The van der Waals surface area contributed by atoms with Crippen LogP contribution in [0.5, 0.6) is 0 Å². The Morgan fingerprint density at radius 3 is 3.20 bits per heavy atom. The van der Waals surface area contributed by atoms with Gasteiger partial charge < -0.3 is 5.73 Å². The molecule has 0 saturated heterocycles. The summed E-state index contributed by atoms with van der Waals surface area (Å²) in [6.45, 7) is 0.699. The van der Waals surface area contributed by atoms with Gasteiger partial charge in [0.25, 0.3) is 0 Å². The van der Waals surface area contributed by atoms with Crippen molar-refractivity contribution in [2.45, 2.75) is 6.42 Å². The highest BCUT2D eigenvalue weighted by Gasteiger charge is 1.82. The number of hydrogen-bond donors (Lipinski definition) is 2. The fourth-order valence-corrected chi connectivity index (χ4v) is 0.666. The summed E-state index contributed by atoms with van der Waals surface area (Å²) in [5.74, 6) is 0. The molecule has 10 heavy (non-hydrogen) atoms. The second-order valence-electron chi connectivity index (χ2n) is 1.99. The topological polar surface area (TPSA) is 54.7 Å². The van der Waals surface area contributed by atoms with Crippen LogP contribution in [-0.4, -0.2) is 16.7 Å². The molecule has 1 rings (SSSR count). The van der Waals surface area contributed by atoms with Crippen molar-refractivity contribution in [2.75, 3.05) is 6.54 Å². The number of rotatable bonds is 3. The fourth-order valence-electron chi connectivity index (χ4n) is 0.666. The molecule has 0 aliphatic rings. The number of nitrogens with one attached hydrogen (secondary N) is 1. The van der Waals surface area contributed by atoms with Gasteiger partial charge in [0.2, 0.25) is 0 Å². The van der Waals surface area contributed by atoms with Gasteiger partial charge in [0.05, 0.1) is 5.69 Å². The molecule has 1 aromatic heterocycles. The van der Waals surface area contributed by atoms with E-state index < -0.39 is 0 Å². The Balaban J connectivity index is 2.40. The normalized spacial score (nSPS) is 10.9. The zero-order valence-electron chi connectivity index (χ0n) is 5.75. The second-order valence-corrected chi connectivity index (χ2v) is 1.99. The van der Waals surface area contributed by atoms with E-state index in [1.54, 1.807) is 6.20 Å². The molecule has 0 spiro atoms. The lowest BCUT2D eigenvalue weighted by atomic mass is 10.3. The number of hydrogen-bond acceptors (Lipinski definition) is 2. The van der Waals surface area contributed by atoms with Crippen molar-refractivity contribution >= 4 is 6.08 Å². The first-order valence-corrected chi connectivity index (χ1v) is 3.29. The lowest BCUT2D eigenvalue weighted by Crippen LogP contribution is -1.94. The van der Waals surface area contributed by atoms with Gasteiger partial charge in [0.15, 0.2) is 0 Å². The summed E-state index contributed by atoms with van der Waals surface area (Å²) in [6, 6.07) is 1.91. The standard InChI is InChI=1S/C7H11N3/c8-5-2-1-3-7-4-6-9-10-7/h1,3-4,6H,2,5,8H2,(H,9,10). The van der Waals surface area contributed by atoms with E-state index in [1.807, 2.05) is 18.2 Å². The molecule has 0 atom stereocenters. The van der Waals surface area contributed by atoms with Crippen molar-refractivity contribution in [1.29, 1.82) is 0 Å². The molecule has 0 aromatic carbocycles. The zero-order chi connectivity index (χ0) is 7.23. The molecular formula is C7H11N3. The molecule has 0 bridgehead atoms. The Hall–Kier alpha value is -1.09. The minimum atomic E-state index is 0.699. The van der Waals surface area contributed by atoms with Crippen molar-refractivity contribution in [1.82, 2.24) is 10.2 Å². The Morgan fingerprint density at radius 2 is 2.60 bits per heavy atom. The largest absolute Gasteiger partial charge is 0.330 e. The van der Waals surface area contributed by atoms with Gasteiger partial charge in [-0.15, -0.1) is 0 Å².